The third-order valence-electron chi connectivity index (χ3n) is 3.20. The second-order valence-corrected chi connectivity index (χ2v) is 4.82. The molecule has 0 radical (unpaired) electrons. The third-order valence-corrected chi connectivity index (χ3v) is 3.20. The van der Waals surface area contributed by atoms with Gasteiger partial charge in [0, 0.05) is 24.3 Å². The van der Waals surface area contributed by atoms with Gasteiger partial charge >= 0.3 is 5.97 Å². The first-order valence-corrected chi connectivity index (χ1v) is 6.32. The Hall–Kier alpha value is -1.71. The van der Waals surface area contributed by atoms with Crippen molar-refractivity contribution in [2.45, 2.75) is 32.7 Å². The first-order valence-electron chi connectivity index (χ1n) is 6.32. The number of anilines is 1. The number of carboxylic acids is 1. The molecular weight excluding hydrogens is 230 g/mol. The molecule has 1 aromatic rings. The molecule has 0 saturated heterocycles. The van der Waals surface area contributed by atoms with Gasteiger partial charge < -0.3 is 14.7 Å². The van der Waals surface area contributed by atoms with Gasteiger partial charge in [-0.2, -0.15) is 0 Å². The van der Waals surface area contributed by atoms with Crippen LogP contribution in [-0.2, 0) is 11.2 Å². The topological polar surface area (TPSA) is 49.8 Å². The van der Waals surface area contributed by atoms with Crippen LogP contribution in [0.2, 0.25) is 0 Å². The summed E-state index contributed by atoms with van der Waals surface area (Å²) in [6.45, 7) is 5.61. The molecule has 0 amide bonds. The van der Waals surface area contributed by atoms with Crippen molar-refractivity contribution in [3.63, 3.8) is 0 Å². The maximum absolute atomic E-state index is 10.4. The molecule has 1 N–H and O–H groups in total. The Balaban J connectivity index is 2.07. The van der Waals surface area contributed by atoms with E-state index in [1.54, 1.807) is 0 Å². The van der Waals surface area contributed by atoms with Crippen LogP contribution in [0.4, 0.5) is 5.69 Å². The molecule has 0 saturated carbocycles. The number of carboxylic acid groups (broad SMARTS) is 1. The van der Waals surface area contributed by atoms with Crippen LogP contribution in [0.3, 0.4) is 0 Å². The average Bonchev–Trinajstić information content (AvgIpc) is 2.71. The maximum Gasteiger partial charge on any atom is 0.306 e. The summed E-state index contributed by atoms with van der Waals surface area (Å²) in [5.41, 5.74) is 2.56. The molecular formula is C14H19NO3. The monoisotopic (exact) mass is 249 g/mol. The second-order valence-electron chi connectivity index (χ2n) is 4.82. The predicted molar refractivity (Wildman–Crippen MR) is 70.4 cm³/mol. The Labute approximate surface area is 107 Å². The van der Waals surface area contributed by atoms with Crippen molar-refractivity contribution in [3.05, 3.63) is 23.8 Å². The minimum atomic E-state index is -0.833. The van der Waals surface area contributed by atoms with Gasteiger partial charge in [-0.25, -0.2) is 0 Å². The lowest BCUT2D eigenvalue weighted by Gasteiger charge is -2.24. The SMILES string of the molecule is CC(C)N1CCc2ccc(OCCC(=O)O)cc21. The van der Waals surface area contributed by atoms with Gasteiger partial charge in [0.2, 0.25) is 0 Å². The minimum absolute atomic E-state index is 0.0327. The summed E-state index contributed by atoms with van der Waals surface area (Å²) in [5.74, 6) is -0.0810. The molecule has 0 unspecified atom stereocenters. The van der Waals surface area contributed by atoms with Gasteiger partial charge in [0.1, 0.15) is 5.75 Å². The normalized spacial score (nSPS) is 13.8. The van der Waals surface area contributed by atoms with Crippen LogP contribution in [0.5, 0.6) is 5.75 Å². The van der Waals surface area contributed by atoms with Gasteiger partial charge in [-0.1, -0.05) is 6.07 Å². The van der Waals surface area contributed by atoms with Gasteiger partial charge in [0.15, 0.2) is 0 Å². The lowest BCUT2D eigenvalue weighted by atomic mass is 10.1. The fourth-order valence-electron chi connectivity index (χ4n) is 2.27. The predicted octanol–water partition coefficient (Wildman–Crippen LogP) is 2.31. The van der Waals surface area contributed by atoms with Crippen molar-refractivity contribution >= 4 is 11.7 Å². The zero-order valence-corrected chi connectivity index (χ0v) is 10.8. The van der Waals surface area contributed by atoms with E-state index in [0.29, 0.717) is 6.04 Å². The highest BCUT2D eigenvalue weighted by molar-refractivity contribution is 5.67. The highest BCUT2D eigenvalue weighted by atomic mass is 16.5. The van der Waals surface area contributed by atoms with Crippen LogP contribution < -0.4 is 9.64 Å². The number of ether oxygens (including phenoxy) is 1. The Morgan fingerprint density at radius 3 is 2.94 bits per heavy atom. The summed E-state index contributed by atoms with van der Waals surface area (Å²) < 4.78 is 5.46. The molecule has 1 aromatic carbocycles. The van der Waals surface area contributed by atoms with Crippen molar-refractivity contribution in [2.75, 3.05) is 18.1 Å². The average molecular weight is 249 g/mol. The van der Waals surface area contributed by atoms with Crippen molar-refractivity contribution < 1.29 is 14.6 Å². The number of benzene rings is 1. The number of carbonyl (C=O) groups is 1. The summed E-state index contributed by atoms with van der Waals surface area (Å²) in [6, 6.07) is 6.49. The van der Waals surface area contributed by atoms with Crippen molar-refractivity contribution in [1.29, 1.82) is 0 Å². The van der Waals surface area contributed by atoms with Crippen molar-refractivity contribution in [2.24, 2.45) is 0 Å². The van der Waals surface area contributed by atoms with Crippen LogP contribution in [0.25, 0.3) is 0 Å². The summed E-state index contributed by atoms with van der Waals surface area (Å²) in [4.78, 5) is 12.8. The molecule has 18 heavy (non-hydrogen) atoms. The summed E-state index contributed by atoms with van der Waals surface area (Å²) >= 11 is 0. The molecule has 0 aliphatic carbocycles. The van der Waals surface area contributed by atoms with E-state index in [0.717, 1.165) is 18.7 Å². The highest BCUT2D eigenvalue weighted by Gasteiger charge is 2.21. The smallest absolute Gasteiger partial charge is 0.306 e. The Kier molecular flexibility index (Phi) is 3.75. The molecule has 4 heteroatoms. The second kappa shape index (κ2) is 5.29. The fourth-order valence-corrected chi connectivity index (χ4v) is 2.27. The number of fused-ring (bicyclic) bond motifs is 1. The summed E-state index contributed by atoms with van der Waals surface area (Å²) in [7, 11) is 0. The van der Waals surface area contributed by atoms with Gasteiger partial charge in [0.25, 0.3) is 0 Å². The van der Waals surface area contributed by atoms with Crippen LogP contribution in [-0.4, -0.2) is 30.3 Å². The molecule has 1 aliphatic heterocycles. The van der Waals surface area contributed by atoms with Gasteiger partial charge in [0.05, 0.1) is 13.0 Å². The Bertz CT molecular complexity index is 443. The van der Waals surface area contributed by atoms with Crippen molar-refractivity contribution in [1.82, 2.24) is 0 Å². The molecule has 0 fully saturated rings. The summed E-state index contributed by atoms with van der Waals surface area (Å²) in [5, 5.41) is 8.57. The molecule has 2 rings (SSSR count). The molecule has 0 aromatic heterocycles. The molecule has 0 atom stereocenters. The van der Waals surface area contributed by atoms with E-state index in [1.807, 2.05) is 12.1 Å². The van der Waals surface area contributed by atoms with Crippen LogP contribution in [0.15, 0.2) is 18.2 Å². The van der Waals surface area contributed by atoms with E-state index in [2.05, 4.69) is 24.8 Å². The molecule has 98 valence electrons. The number of aliphatic carboxylic acids is 1. The minimum Gasteiger partial charge on any atom is -0.493 e. The van der Waals surface area contributed by atoms with Gasteiger partial charge in [-0.15, -0.1) is 0 Å². The van der Waals surface area contributed by atoms with Crippen LogP contribution in [0.1, 0.15) is 25.8 Å². The van der Waals surface area contributed by atoms with E-state index >= 15 is 0 Å². The van der Waals surface area contributed by atoms with E-state index < -0.39 is 5.97 Å². The zero-order chi connectivity index (χ0) is 13.1. The van der Waals surface area contributed by atoms with E-state index in [1.165, 1.54) is 11.3 Å². The molecule has 4 nitrogen and oxygen atoms in total. The standard InChI is InChI=1S/C14H19NO3/c1-10(2)15-7-5-11-3-4-12(9-13(11)15)18-8-6-14(16)17/h3-4,9-10H,5-8H2,1-2H3,(H,16,17). The van der Waals surface area contributed by atoms with Crippen molar-refractivity contribution in [3.8, 4) is 5.75 Å². The molecule has 1 aliphatic rings. The van der Waals surface area contributed by atoms with Crippen LogP contribution in [0, 0.1) is 0 Å². The zero-order valence-electron chi connectivity index (χ0n) is 10.8. The first kappa shape index (κ1) is 12.7. The number of nitrogens with zero attached hydrogens (tertiary/aromatic N) is 1. The van der Waals surface area contributed by atoms with Gasteiger partial charge in [-0.3, -0.25) is 4.79 Å². The maximum atomic E-state index is 10.4. The van der Waals surface area contributed by atoms with Gasteiger partial charge in [-0.05, 0) is 31.9 Å². The molecule has 0 spiro atoms. The first-order chi connectivity index (χ1) is 8.58. The van der Waals surface area contributed by atoms with E-state index in [9.17, 15) is 4.79 Å². The third kappa shape index (κ3) is 2.75. The number of hydrogen-bond donors (Lipinski definition) is 1. The molecule has 1 heterocycles. The van der Waals surface area contributed by atoms with E-state index in [-0.39, 0.29) is 13.0 Å². The molecule has 0 bridgehead atoms. The summed E-state index contributed by atoms with van der Waals surface area (Å²) in [6.07, 6.45) is 1.11. The van der Waals surface area contributed by atoms with Crippen LogP contribution >= 0.6 is 0 Å². The lowest BCUT2D eigenvalue weighted by Crippen LogP contribution is -2.28. The highest BCUT2D eigenvalue weighted by Crippen LogP contribution is 2.33. The fraction of sp³-hybridized carbons (Fsp3) is 0.500. The van der Waals surface area contributed by atoms with E-state index in [4.69, 9.17) is 9.84 Å². The number of hydrogen-bond acceptors (Lipinski definition) is 3. The Morgan fingerprint density at radius 2 is 2.28 bits per heavy atom. The largest absolute Gasteiger partial charge is 0.493 e. The number of rotatable bonds is 5. The Morgan fingerprint density at radius 1 is 1.50 bits per heavy atom. The lowest BCUT2D eigenvalue weighted by molar-refractivity contribution is -0.137. The quantitative estimate of drug-likeness (QED) is 0.870.